The van der Waals surface area contributed by atoms with Crippen molar-refractivity contribution < 1.29 is 14.2 Å². The van der Waals surface area contributed by atoms with Crippen molar-refractivity contribution in [2.75, 3.05) is 20.8 Å². The summed E-state index contributed by atoms with van der Waals surface area (Å²) < 4.78 is 18.2. The van der Waals surface area contributed by atoms with Crippen molar-refractivity contribution in [1.82, 2.24) is 9.55 Å². The molecule has 4 aromatic rings. The summed E-state index contributed by atoms with van der Waals surface area (Å²) in [6, 6.07) is 20.7. The summed E-state index contributed by atoms with van der Waals surface area (Å²) >= 11 is 1.49. The van der Waals surface area contributed by atoms with E-state index in [9.17, 15) is 4.79 Å². The Bertz CT molecular complexity index is 1300. The van der Waals surface area contributed by atoms with E-state index >= 15 is 0 Å². The van der Waals surface area contributed by atoms with Gasteiger partial charge in [-0.25, -0.2) is 4.98 Å². The summed E-state index contributed by atoms with van der Waals surface area (Å²) in [5.74, 6) is 2.58. The van der Waals surface area contributed by atoms with Gasteiger partial charge in [0.1, 0.15) is 5.75 Å². The van der Waals surface area contributed by atoms with E-state index < -0.39 is 0 Å². The van der Waals surface area contributed by atoms with Gasteiger partial charge in [-0.05, 0) is 37.3 Å². The maximum absolute atomic E-state index is 13.5. The number of para-hydroxylation sites is 2. The molecule has 0 spiro atoms. The van der Waals surface area contributed by atoms with E-state index in [4.69, 9.17) is 19.2 Å². The second-order valence-corrected chi connectivity index (χ2v) is 7.86. The molecule has 0 saturated heterocycles. The maximum atomic E-state index is 13.5. The fourth-order valence-electron chi connectivity index (χ4n) is 3.46. The summed E-state index contributed by atoms with van der Waals surface area (Å²) in [5.41, 5.74) is 2.23. The fourth-order valence-corrected chi connectivity index (χ4v) is 4.47. The summed E-state index contributed by atoms with van der Waals surface area (Å²) in [6.07, 6.45) is 0. The number of hydrogen-bond acceptors (Lipinski definition) is 6. The highest BCUT2D eigenvalue weighted by Crippen LogP contribution is 2.32. The van der Waals surface area contributed by atoms with E-state index in [1.165, 1.54) is 11.8 Å². The van der Waals surface area contributed by atoms with E-state index in [0.717, 1.165) is 11.3 Å². The van der Waals surface area contributed by atoms with Gasteiger partial charge in [-0.2, -0.15) is 0 Å². The van der Waals surface area contributed by atoms with E-state index in [2.05, 4.69) is 0 Å². The third kappa shape index (κ3) is 4.29. The number of nitrogens with zero attached hydrogens (tertiary/aromatic N) is 2. The molecule has 1 aromatic heterocycles. The van der Waals surface area contributed by atoms with Crippen molar-refractivity contribution in [3.63, 3.8) is 0 Å². The lowest BCUT2D eigenvalue weighted by atomic mass is 10.2. The number of fused-ring (bicyclic) bond motifs is 1. The van der Waals surface area contributed by atoms with Crippen molar-refractivity contribution in [2.24, 2.45) is 0 Å². The molecule has 1 heterocycles. The molecular weight excluding hydrogens is 424 g/mol. The van der Waals surface area contributed by atoms with Crippen LogP contribution in [-0.2, 0) is 5.75 Å². The molecule has 0 saturated carbocycles. The molecule has 32 heavy (non-hydrogen) atoms. The molecule has 3 aromatic carbocycles. The lowest BCUT2D eigenvalue weighted by Gasteiger charge is -2.16. The van der Waals surface area contributed by atoms with Gasteiger partial charge in [-0.1, -0.05) is 42.1 Å². The monoisotopic (exact) mass is 448 g/mol. The van der Waals surface area contributed by atoms with E-state index in [1.54, 1.807) is 37.0 Å². The number of methoxy groups -OCH3 is 2. The predicted octanol–water partition coefficient (Wildman–Crippen LogP) is 5.09. The normalized spacial score (nSPS) is 10.8. The van der Waals surface area contributed by atoms with Crippen LogP contribution in [-0.4, -0.2) is 30.4 Å². The minimum Gasteiger partial charge on any atom is -0.494 e. The van der Waals surface area contributed by atoms with Gasteiger partial charge >= 0.3 is 0 Å². The molecule has 0 aliphatic carbocycles. The molecule has 0 unspecified atom stereocenters. The number of thioether (sulfide) groups is 1. The summed E-state index contributed by atoms with van der Waals surface area (Å²) in [7, 11) is 3.15. The molecule has 0 atom stereocenters. The average Bonchev–Trinajstić information content (AvgIpc) is 2.83. The SMILES string of the molecule is CCOc1ccccc1CSc1nc2ccccc2c(=O)n1-c1ccc(OC)c(OC)c1. The van der Waals surface area contributed by atoms with Crippen molar-refractivity contribution >= 4 is 22.7 Å². The first-order valence-corrected chi connectivity index (χ1v) is 11.2. The van der Waals surface area contributed by atoms with Gasteiger partial charge in [0.05, 0.1) is 37.4 Å². The molecule has 0 amide bonds. The third-order valence-electron chi connectivity index (χ3n) is 5.00. The summed E-state index contributed by atoms with van der Waals surface area (Å²) in [4.78, 5) is 18.3. The highest BCUT2D eigenvalue weighted by atomic mass is 32.2. The van der Waals surface area contributed by atoms with Crippen molar-refractivity contribution in [1.29, 1.82) is 0 Å². The van der Waals surface area contributed by atoms with Gasteiger partial charge < -0.3 is 14.2 Å². The summed E-state index contributed by atoms with van der Waals surface area (Å²) in [6.45, 7) is 2.55. The largest absolute Gasteiger partial charge is 0.494 e. The Hall–Kier alpha value is -3.45. The van der Waals surface area contributed by atoms with Crippen LogP contribution in [0, 0.1) is 0 Å². The summed E-state index contributed by atoms with van der Waals surface area (Å²) in [5, 5.41) is 1.15. The highest BCUT2D eigenvalue weighted by Gasteiger charge is 2.16. The fraction of sp³-hybridized carbons (Fsp3) is 0.200. The van der Waals surface area contributed by atoms with Crippen LogP contribution in [0.25, 0.3) is 16.6 Å². The van der Waals surface area contributed by atoms with Crippen LogP contribution < -0.4 is 19.8 Å². The Morgan fingerprint density at radius 3 is 2.44 bits per heavy atom. The average molecular weight is 449 g/mol. The molecular formula is C25H24N2O4S. The Labute approximate surface area is 190 Å². The van der Waals surface area contributed by atoms with Gasteiger partial charge in [-0.15, -0.1) is 0 Å². The van der Waals surface area contributed by atoms with E-state index in [-0.39, 0.29) is 5.56 Å². The zero-order chi connectivity index (χ0) is 22.5. The van der Waals surface area contributed by atoms with E-state index in [0.29, 0.717) is 45.6 Å². The highest BCUT2D eigenvalue weighted by molar-refractivity contribution is 7.98. The van der Waals surface area contributed by atoms with Gasteiger partial charge in [-0.3, -0.25) is 9.36 Å². The Morgan fingerprint density at radius 1 is 0.906 bits per heavy atom. The number of ether oxygens (including phenoxy) is 3. The number of benzene rings is 3. The lowest BCUT2D eigenvalue weighted by Crippen LogP contribution is -2.21. The van der Waals surface area contributed by atoms with Gasteiger partial charge in [0.25, 0.3) is 5.56 Å². The van der Waals surface area contributed by atoms with Crippen LogP contribution in [0.3, 0.4) is 0 Å². The van der Waals surface area contributed by atoms with Crippen molar-refractivity contribution in [2.45, 2.75) is 17.8 Å². The second kappa shape index (κ2) is 9.78. The zero-order valence-corrected chi connectivity index (χ0v) is 19.0. The molecule has 0 aliphatic heterocycles. The lowest BCUT2D eigenvalue weighted by molar-refractivity contribution is 0.337. The molecule has 6 nitrogen and oxygen atoms in total. The first-order chi connectivity index (χ1) is 15.7. The van der Waals surface area contributed by atoms with Crippen LogP contribution >= 0.6 is 11.8 Å². The standard InChI is InChI=1S/C25H24N2O4S/c1-4-31-21-12-8-5-9-17(21)16-32-25-26-20-11-7-6-10-19(20)24(28)27(25)18-13-14-22(29-2)23(15-18)30-3/h5-15H,4,16H2,1-3H3. The molecule has 164 valence electrons. The third-order valence-corrected chi connectivity index (χ3v) is 5.99. The minimum atomic E-state index is -0.136. The van der Waals surface area contributed by atoms with Crippen molar-refractivity contribution in [3.8, 4) is 22.9 Å². The van der Waals surface area contributed by atoms with Crippen LogP contribution in [0.5, 0.6) is 17.2 Å². The van der Waals surface area contributed by atoms with Crippen LogP contribution in [0.15, 0.2) is 76.7 Å². The van der Waals surface area contributed by atoms with Crippen molar-refractivity contribution in [3.05, 3.63) is 82.6 Å². The van der Waals surface area contributed by atoms with Crippen LogP contribution in [0.2, 0.25) is 0 Å². The quantitative estimate of drug-likeness (QED) is 0.276. The first-order valence-electron chi connectivity index (χ1n) is 10.2. The Balaban J connectivity index is 1.83. The van der Waals surface area contributed by atoms with Gasteiger partial charge in [0.2, 0.25) is 0 Å². The van der Waals surface area contributed by atoms with Crippen LogP contribution in [0.4, 0.5) is 0 Å². The topological polar surface area (TPSA) is 62.6 Å². The molecule has 4 rings (SSSR count). The molecule has 0 fully saturated rings. The van der Waals surface area contributed by atoms with E-state index in [1.807, 2.05) is 55.5 Å². The molecule has 0 aliphatic rings. The smallest absolute Gasteiger partial charge is 0.266 e. The minimum absolute atomic E-state index is 0.136. The molecule has 0 radical (unpaired) electrons. The maximum Gasteiger partial charge on any atom is 0.266 e. The number of rotatable bonds is 8. The molecule has 0 N–H and O–H groups in total. The molecule has 0 bridgehead atoms. The van der Waals surface area contributed by atoms with Crippen LogP contribution in [0.1, 0.15) is 12.5 Å². The van der Waals surface area contributed by atoms with Gasteiger partial charge in [0, 0.05) is 17.4 Å². The second-order valence-electron chi connectivity index (χ2n) is 6.92. The number of hydrogen-bond donors (Lipinski definition) is 0. The van der Waals surface area contributed by atoms with Gasteiger partial charge in [0.15, 0.2) is 16.7 Å². The Kier molecular flexibility index (Phi) is 6.66. The molecule has 7 heteroatoms. The number of aromatic nitrogens is 2. The first kappa shape index (κ1) is 21.8. The zero-order valence-electron chi connectivity index (χ0n) is 18.2. The Morgan fingerprint density at radius 2 is 1.66 bits per heavy atom. The predicted molar refractivity (Wildman–Crippen MR) is 128 cm³/mol.